The van der Waals surface area contributed by atoms with E-state index in [1.165, 1.54) is 31.2 Å². The Kier molecular flexibility index (Phi) is 3.25. The maximum absolute atomic E-state index is 4.49. The quantitative estimate of drug-likeness (QED) is 0.772. The highest BCUT2D eigenvalue weighted by molar-refractivity contribution is 5.82. The Balaban J connectivity index is 1.53. The van der Waals surface area contributed by atoms with Crippen LogP contribution in [0.25, 0.3) is 11.2 Å². The molecule has 0 aliphatic heterocycles. The van der Waals surface area contributed by atoms with Gasteiger partial charge in [0.15, 0.2) is 11.5 Å². The number of hydrogen-bond acceptors (Lipinski definition) is 4. The normalized spacial score (nSPS) is 29.0. The Hall–Kier alpha value is -2.43. The number of fused-ring (bicyclic) bond motifs is 4. The fraction of sp³-hybridized carbons (Fsp3) is 0.421. The highest BCUT2D eigenvalue weighted by Gasteiger charge is 2.44. The van der Waals surface area contributed by atoms with Crippen molar-refractivity contribution in [2.45, 2.75) is 37.6 Å². The molecule has 5 nitrogen and oxygen atoms in total. The molecule has 2 bridgehead atoms. The van der Waals surface area contributed by atoms with Gasteiger partial charge in [0.05, 0.1) is 6.33 Å². The van der Waals surface area contributed by atoms with E-state index in [-0.39, 0.29) is 0 Å². The summed E-state index contributed by atoms with van der Waals surface area (Å²) in [6.07, 6.45) is 8.64. The average Bonchev–Trinajstić information content (AvgIpc) is 3.13. The zero-order valence-electron chi connectivity index (χ0n) is 13.5. The van der Waals surface area contributed by atoms with Crippen molar-refractivity contribution in [1.82, 2.24) is 19.9 Å². The molecule has 2 atom stereocenters. The van der Waals surface area contributed by atoms with Crippen LogP contribution in [0.3, 0.4) is 0 Å². The van der Waals surface area contributed by atoms with Crippen LogP contribution in [0.1, 0.15) is 37.2 Å². The summed E-state index contributed by atoms with van der Waals surface area (Å²) in [5, 5.41) is 3.77. The van der Waals surface area contributed by atoms with E-state index >= 15 is 0 Å². The van der Waals surface area contributed by atoms with Gasteiger partial charge in [0.1, 0.15) is 11.8 Å². The molecule has 2 aromatic heterocycles. The first-order valence-electron chi connectivity index (χ1n) is 8.86. The van der Waals surface area contributed by atoms with E-state index in [1.807, 2.05) is 0 Å². The summed E-state index contributed by atoms with van der Waals surface area (Å²) >= 11 is 0. The third kappa shape index (κ3) is 2.19. The zero-order valence-corrected chi connectivity index (χ0v) is 13.5. The number of anilines is 1. The minimum absolute atomic E-state index is 0.432. The van der Waals surface area contributed by atoms with Gasteiger partial charge in [0.25, 0.3) is 0 Å². The number of rotatable bonds is 3. The molecule has 24 heavy (non-hydrogen) atoms. The second-order valence-electron chi connectivity index (χ2n) is 7.10. The van der Waals surface area contributed by atoms with E-state index in [0.717, 1.165) is 22.9 Å². The van der Waals surface area contributed by atoms with Gasteiger partial charge in [-0.2, -0.15) is 0 Å². The summed E-state index contributed by atoms with van der Waals surface area (Å²) in [5.41, 5.74) is 3.09. The lowest BCUT2D eigenvalue weighted by Gasteiger charge is -2.49. The summed E-state index contributed by atoms with van der Waals surface area (Å²) in [6, 6.07) is 11.4. The summed E-state index contributed by atoms with van der Waals surface area (Å²) in [7, 11) is 0. The maximum Gasteiger partial charge on any atom is 0.182 e. The molecule has 3 aliphatic rings. The second kappa shape index (κ2) is 5.58. The van der Waals surface area contributed by atoms with Crippen molar-refractivity contribution in [1.29, 1.82) is 0 Å². The molecule has 6 rings (SSSR count). The SMILES string of the molecule is c1ccc(C2C3CCC(CC3)C2Nc2ncnc3nc[nH]c23)cc1. The average molecular weight is 319 g/mol. The van der Waals surface area contributed by atoms with Crippen LogP contribution < -0.4 is 5.32 Å². The van der Waals surface area contributed by atoms with Gasteiger partial charge in [-0.25, -0.2) is 15.0 Å². The van der Waals surface area contributed by atoms with Crippen LogP contribution in [0.4, 0.5) is 5.82 Å². The Morgan fingerprint density at radius 2 is 1.71 bits per heavy atom. The lowest BCUT2D eigenvalue weighted by atomic mass is 9.60. The number of imidazole rings is 1. The van der Waals surface area contributed by atoms with Crippen molar-refractivity contribution in [3.8, 4) is 0 Å². The molecule has 3 aliphatic carbocycles. The Morgan fingerprint density at radius 3 is 2.54 bits per heavy atom. The van der Waals surface area contributed by atoms with Crippen LogP contribution in [-0.4, -0.2) is 26.0 Å². The van der Waals surface area contributed by atoms with Crippen LogP contribution in [0.2, 0.25) is 0 Å². The van der Waals surface area contributed by atoms with Gasteiger partial charge in [0, 0.05) is 12.0 Å². The highest BCUT2D eigenvalue weighted by atomic mass is 15.1. The molecule has 3 aromatic rings. The highest BCUT2D eigenvalue weighted by Crippen LogP contribution is 2.50. The summed E-state index contributed by atoms with van der Waals surface area (Å²) in [4.78, 5) is 16.1. The number of benzene rings is 1. The van der Waals surface area contributed by atoms with Crippen LogP contribution in [0, 0.1) is 11.8 Å². The summed E-state index contributed by atoms with van der Waals surface area (Å²) < 4.78 is 0. The minimum Gasteiger partial charge on any atom is -0.365 e. The largest absolute Gasteiger partial charge is 0.365 e. The molecule has 122 valence electrons. The van der Waals surface area contributed by atoms with Crippen molar-refractivity contribution < 1.29 is 0 Å². The monoisotopic (exact) mass is 319 g/mol. The molecule has 0 spiro atoms. The molecule has 2 N–H and O–H groups in total. The van der Waals surface area contributed by atoms with Gasteiger partial charge in [-0.3, -0.25) is 0 Å². The van der Waals surface area contributed by atoms with Gasteiger partial charge < -0.3 is 10.3 Å². The van der Waals surface area contributed by atoms with E-state index in [2.05, 4.69) is 55.6 Å². The van der Waals surface area contributed by atoms with Crippen molar-refractivity contribution in [2.24, 2.45) is 11.8 Å². The fourth-order valence-electron chi connectivity index (χ4n) is 4.84. The third-order valence-corrected chi connectivity index (χ3v) is 5.93. The number of aromatic amines is 1. The molecule has 5 heteroatoms. The summed E-state index contributed by atoms with van der Waals surface area (Å²) in [6.45, 7) is 0. The Bertz CT molecular complexity index is 835. The predicted octanol–water partition coefficient (Wildman–Crippen LogP) is 3.74. The molecule has 0 saturated heterocycles. The van der Waals surface area contributed by atoms with Gasteiger partial charge in [-0.05, 0) is 43.1 Å². The molecule has 0 radical (unpaired) electrons. The molecular weight excluding hydrogens is 298 g/mol. The van der Waals surface area contributed by atoms with Crippen LogP contribution >= 0.6 is 0 Å². The predicted molar refractivity (Wildman–Crippen MR) is 93.7 cm³/mol. The van der Waals surface area contributed by atoms with E-state index in [4.69, 9.17) is 0 Å². The van der Waals surface area contributed by atoms with Crippen molar-refractivity contribution in [3.63, 3.8) is 0 Å². The lowest BCUT2D eigenvalue weighted by Crippen LogP contribution is -2.46. The second-order valence-corrected chi connectivity index (χ2v) is 7.10. The van der Waals surface area contributed by atoms with Crippen molar-refractivity contribution in [3.05, 3.63) is 48.5 Å². The van der Waals surface area contributed by atoms with Crippen LogP contribution in [-0.2, 0) is 0 Å². The third-order valence-electron chi connectivity index (χ3n) is 5.93. The molecule has 0 amide bonds. The standard InChI is InChI=1S/C19H21N5/c1-2-4-12(5-3-1)15-13-6-8-14(9-7-13)16(15)24-19-17-18(21-10-20-17)22-11-23-19/h1-5,10-11,13-16H,6-9H2,(H2,20,21,22,23,24). The van der Waals surface area contributed by atoms with Crippen molar-refractivity contribution in [2.75, 3.05) is 5.32 Å². The smallest absolute Gasteiger partial charge is 0.182 e. The van der Waals surface area contributed by atoms with Gasteiger partial charge in [0.2, 0.25) is 0 Å². The number of H-pyrrole nitrogens is 1. The van der Waals surface area contributed by atoms with Crippen molar-refractivity contribution >= 4 is 17.0 Å². The van der Waals surface area contributed by atoms with E-state index in [1.54, 1.807) is 12.7 Å². The molecule has 2 unspecified atom stereocenters. The first-order valence-corrected chi connectivity index (χ1v) is 8.86. The van der Waals surface area contributed by atoms with Gasteiger partial charge in [-0.15, -0.1) is 0 Å². The molecular formula is C19H21N5. The first kappa shape index (κ1) is 14.0. The minimum atomic E-state index is 0.432. The Morgan fingerprint density at radius 1 is 0.917 bits per heavy atom. The van der Waals surface area contributed by atoms with Crippen LogP contribution in [0.5, 0.6) is 0 Å². The van der Waals surface area contributed by atoms with E-state index in [0.29, 0.717) is 17.9 Å². The van der Waals surface area contributed by atoms with Gasteiger partial charge in [-0.1, -0.05) is 30.3 Å². The topological polar surface area (TPSA) is 66.5 Å². The number of aromatic nitrogens is 4. The number of nitrogens with one attached hydrogen (secondary N) is 2. The molecule has 1 aromatic carbocycles. The lowest BCUT2D eigenvalue weighted by molar-refractivity contribution is 0.126. The molecule has 3 saturated carbocycles. The van der Waals surface area contributed by atoms with E-state index in [9.17, 15) is 0 Å². The fourth-order valence-corrected chi connectivity index (χ4v) is 4.84. The number of hydrogen-bond donors (Lipinski definition) is 2. The van der Waals surface area contributed by atoms with Crippen LogP contribution in [0.15, 0.2) is 43.0 Å². The zero-order chi connectivity index (χ0) is 15.9. The molecule has 2 heterocycles. The molecule has 3 fully saturated rings. The first-order chi connectivity index (χ1) is 11.9. The number of nitrogens with zero attached hydrogens (tertiary/aromatic N) is 3. The Labute approximate surface area is 140 Å². The summed E-state index contributed by atoms with van der Waals surface area (Å²) in [5.74, 6) is 2.93. The van der Waals surface area contributed by atoms with E-state index < -0.39 is 0 Å². The van der Waals surface area contributed by atoms with Gasteiger partial charge >= 0.3 is 0 Å². The maximum atomic E-state index is 4.49.